The van der Waals surface area contributed by atoms with Crippen molar-refractivity contribution in [3.05, 3.63) is 40.2 Å². The molecule has 0 unspecified atom stereocenters. The van der Waals surface area contributed by atoms with E-state index in [4.69, 9.17) is 0 Å². The first-order valence-corrected chi connectivity index (χ1v) is 11.8. The van der Waals surface area contributed by atoms with Gasteiger partial charge in [0.15, 0.2) is 5.82 Å². The number of tetrazole rings is 1. The smallest absolute Gasteiger partial charge is 0.368 e. The third-order valence-corrected chi connectivity index (χ3v) is 6.97. The van der Waals surface area contributed by atoms with Gasteiger partial charge in [-0.25, -0.2) is 14.2 Å². The first kappa shape index (κ1) is 23.7. The Kier molecular flexibility index (Phi) is 5.83. The summed E-state index contributed by atoms with van der Waals surface area (Å²) in [6.07, 6.45) is 5.56. The molecule has 3 N–H and O–H groups in total. The maximum absolute atomic E-state index is 14.7. The standard InChI is InChI=1S/C23H27FN10O2/c1-23(2)10-14(7-15-5-4-6-33(15)23)27-20-13(11-25)12-26-21(29-20)28-17-9-18(19(35)8-16(17)24)34-22(36)32(3)30-31-34/h8-9,12,14-15,35H,4-7,10H2,1-3H3,(H2,26,27,28,29)/t14-,15-/m1/s1. The molecule has 2 aliphatic rings. The molecule has 0 bridgehead atoms. The topological polar surface area (TPSA) is 150 Å². The Labute approximate surface area is 206 Å². The van der Waals surface area contributed by atoms with Gasteiger partial charge in [-0.15, -0.1) is 0 Å². The summed E-state index contributed by atoms with van der Waals surface area (Å²) in [7, 11) is 1.41. The number of nitrogens with zero attached hydrogens (tertiary/aromatic N) is 8. The monoisotopic (exact) mass is 494 g/mol. The number of rotatable bonds is 5. The Bertz CT molecular complexity index is 1410. The van der Waals surface area contributed by atoms with E-state index in [1.54, 1.807) is 0 Å². The van der Waals surface area contributed by atoms with E-state index in [2.05, 4.69) is 55.8 Å². The number of aromatic nitrogens is 6. The summed E-state index contributed by atoms with van der Waals surface area (Å²) in [6.45, 7) is 5.59. The van der Waals surface area contributed by atoms with Crippen LogP contribution in [0.1, 0.15) is 45.1 Å². The molecule has 3 aromatic rings. The molecule has 12 nitrogen and oxygen atoms in total. The Hall–Kier alpha value is -4.05. The summed E-state index contributed by atoms with van der Waals surface area (Å²) in [5.74, 6) is -0.849. The number of phenols is 1. The van der Waals surface area contributed by atoms with Crippen LogP contribution >= 0.6 is 0 Å². The summed E-state index contributed by atoms with van der Waals surface area (Å²) in [5.41, 5.74) is -0.446. The molecule has 0 saturated carbocycles. The molecule has 0 aliphatic carbocycles. The van der Waals surface area contributed by atoms with Gasteiger partial charge in [-0.2, -0.15) is 19.6 Å². The van der Waals surface area contributed by atoms with E-state index in [1.165, 1.54) is 25.7 Å². The molecule has 0 spiro atoms. The fourth-order valence-electron chi connectivity index (χ4n) is 5.35. The molecule has 188 valence electrons. The van der Waals surface area contributed by atoms with Crippen molar-refractivity contribution in [1.82, 2.24) is 34.7 Å². The van der Waals surface area contributed by atoms with Gasteiger partial charge in [0.25, 0.3) is 0 Å². The van der Waals surface area contributed by atoms with Gasteiger partial charge in [0, 0.05) is 30.7 Å². The van der Waals surface area contributed by atoms with Crippen LogP contribution < -0.4 is 16.3 Å². The van der Waals surface area contributed by atoms with Crippen molar-refractivity contribution in [2.75, 3.05) is 17.2 Å². The van der Waals surface area contributed by atoms with Crippen LogP contribution in [-0.2, 0) is 7.05 Å². The number of aromatic hydroxyl groups is 1. The van der Waals surface area contributed by atoms with E-state index in [-0.39, 0.29) is 34.5 Å². The van der Waals surface area contributed by atoms with Gasteiger partial charge in [0.05, 0.1) is 11.9 Å². The molecule has 0 radical (unpaired) electrons. The van der Waals surface area contributed by atoms with Crippen LogP contribution in [0.15, 0.2) is 23.1 Å². The van der Waals surface area contributed by atoms with Crippen molar-refractivity contribution in [2.24, 2.45) is 7.05 Å². The number of halogens is 1. The zero-order valence-corrected chi connectivity index (χ0v) is 20.2. The average molecular weight is 495 g/mol. The number of phenolic OH excluding ortho intramolecular Hbond substituents is 1. The minimum Gasteiger partial charge on any atom is -0.506 e. The molecule has 1 aromatic carbocycles. The van der Waals surface area contributed by atoms with E-state index < -0.39 is 17.3 Å². The predicted octanol–water partition coefficient (Wildman–Crippen LogP) is 2.03. The van der Waals surface area contributed by atoms with Crippen molar-refractivity contribution in [1.29, 1.82) is 5.26 Å². The van der Waals surface area contributed by atoms with Crippen LogP contribution in [0.4, 0.5) is 21.8 Å². The molecule has 2 atom stereocenters. The summed E-state index contributed by atoms with van der Waals surface area (Å²) in [5, 5.41) is 33.3. The molecule has 36 heavy (non-hydrogen) atoms. The van der Waals surface area contributed by atoms with E-state index in [1.807, 2.05) is 0 Å². The van der Waals surface area contributed by atoms with E-state index in [0.29, 0.717) is 11.9 Å². The Morgan fingerprint density at radius 2 is 2.11 bits per heavy atom. The van der Waals surface area contributed by atoms with Gasteiger partial charge < -0.3 is 15.7 Å². The van der Waals surface area contributed by atoms with Gasteiger partial charge in [-0.05, 0) is 62.6 Å². The number of anilines is 3. The van der Waals surface area contributed by atoms with E-state index in [9.17, 15) is 19.6 Å². The SMILES string of the molecule is Cn1nnn(-c2cc(Nc3ncc(C#N)c(N[C@@H]4C[C@H]5CCCN5C(C)(C)C4)n3)c(F)cc2O)c1=O. The van der Waals surface area contributed by atoms with Crippen LogP contribution in [0.5, 0.6) is 5.75 Å². The zero-order chi connectivity index (χ0) is 25.6. The first-order valence-electron chi connectivity index (χ1n) is 11.8. The second-order valence-electron chi connectivity index (χ2n) is 9.89. The molecule has 2 fully saturated rings. The van der Waals surface area contributed by atoms with Crippen LogP contribution in [0.2, 0.25) is 0 Å². The van der Waals surface area contributed by atoms with Gasteiger partial charge in [-0.3, -0.25) is 4.90 Å². The number of benzene rings is 1. The maximum Gasteiger partial charge on any atom is 0.368 e. The van der Waals surface area contributed by atoms with Crippen molar-refractivity contribution in [3.8, 4) is 17.5 Å². The largest absolute Gasteiger partial charge is 0.506 e. The molecule has 4 heterocycles. The molecule has 2 aromatic heterocycles. The number of hydrogen-bond donors (Lipinski definition) is 3. The minimum atomic E-state index is -0.786. The van der Waals surface area contributed by atoms with E-state index in [0.717, 1.165) is 41.2 Å². The highest BCUT2D eigenvalue weighted by Crippen LogP contribution is 2.38. The lowest BCUT2D eigenvalue weighted by atomic mass is 9.84. The molecular formula is C23H27FN10O2. The number of fused-ring (bicyclic) bond motifs is 1. The molecule has 0 amide bonds. The summed E-state index contributed by atoms with van der Waals surface area (Å²) in [4.78, 5) is 23.4. The van der Waals surface area contributed by atoms with Crippen molar-refractivity contribution in [2.45, 2.75) is 57.2 Å². The number of aryl methyl sites for hydroxylation is 1. The lowest BCUT2D eigenvalue weighted by Gasteiger charge is -2.47. The van der Waals surface area contributed by atoms with Crippen molar-refractivity contribution < 1.29 is 9.50 Å². The van der Waals surface area contributed by atoms with E-state index >= 15 is 0 Å². The Balaban J connectivity index is 1.42. The number of piperidine rings is 1. The molecular weight excluding hydrogens is 467 g/mol. The van der Waals surface area contributed by atoms with Gasteiger partial charge in [0.1, 0.15) is 28.9 Å². The molecule has 2 aliphatic heterocycles. The van der Waals surface area contributed by atoms with Crippen LogP contribution in [0, 0.1) is 17.1 Å². The third-order valence-electron chi connectivity index (χ3n) is 6.97. The quantitative estimate of drug-likeness (QED) is 0.450. The second-order valence-corrected chi connectivity index (χ2v) is 9.89. The summed E-state index contributed by atoms with van der Waals surface area (Å²) >= 11 is 0. The number of nitriles is 1. The first-order chi connectivity index (χ1) is 17.2. The average Bonchev–Trinajstić information content (AvgIpc) is 3.43. The number of hydrogen-bond acceptors (Lipinski definition) is 10. The van der Waals surface area contributed by atoms with Crippen LogP contribution in [0.25, 0.3) is 5.69 Å². The fourth-order valence-corrected chi connectivity index (χ4v) is 5.35. The molecule has 13 heteroatoms. The normalized spacial score (nSPS) is 21.1. The highest BCUT2D eigenvalue weighted by atomic mass is 19.1. The van der Waals surface area contributed by atoms with Gasteiger partial charge in [0.2, 0.25) is 5.95 Å². The summed E-state index contributed by atoms with van der Waals surface area (Å²) < 4.78 is 16.5. The lowest BCUT2D eigenvalue weighted by molar-refractivity contribution is 0.0501. The minimum absolute atomic E-state index is 0.0297. The molecule has 5 rings (SSSR count). The van der Waals surface area contributed by atoms with Crippen molar-refractivity contribution in [3.63, 3.8) is 0 Å². The fraction of sp³-hybridized carbons (Fsp3) is 0.478. The zero-order valence-electron chi connectivity index (χ0n) is 20.2. The highest BCUT2D eigenvalue weighted by Gasteiger charge is 2.43. The Morgan fingerprint density at radius 3 is 2.83 bits per heavy atom. The second kappa shape index (κ2) is 8.87. The highest BCUT2D eigenvalue weighted by molar-refractivity contribution is 5.64. The van der Waals surface area contributed by atoms with Crippen molar-refractivity contribution >= 4 is 17.5 Å². The maximum atomic E-state index is 14.7. The van der Waals surface area contributed by atoms with Gasteiger partial charge in [-0.1, -0.05) is 0 Å². The predicted molar refractivity (Wildman–Crippen MR) is 129 cm³/mol. The third kappa shape index (κ3) is 4.24. The van der Waals surface area contributed by atoms with Crippen LogP contribution in [0.3, 0.4) is 0 Å². The Morgan fingerprint density at radius 1 is 1.31 bits per heavy atom. The van der Waals surface area contributed by atoms with Crippen LogP contribution in [-0.4, -0.2) is 63.9 Å². The lowest BCUT2D eigenvalue weighted by Crippen LogP contribution is -2.55. The number of nitrogens with one attached hydrogen (secondary N) is 2. The molecule has 2 saturated heterocycles. The summed E-state index contributed by atoms with van der Waals surface area (Å²) in [6, 6.07) is 4.80. The van der Waals surface area contributed by atoms with Gasteiger partial charge >= 0.3 is 5.69 Å².